The van der Waals surface area contributed by atoms with Gasteiger partial charge in [-0.05, 0) is 12.8 Å². The molecule has 2 rings (SSSR count). The van der Waals surface area contributed by atoms with E-state index < -0.39 is 0 Å². The Morgan fingerprint density at radius 1 is 1.24 bits per heavy atom. The predicted molar refractivity (Wildman–Crippen MR) is 119 cm³/mol. The van der Waals surface area contributed by atoms with E-state index in [-0.39, 0.29) is 24.0 Å². The largest absolute Gasteiger partial charge is 0.357 e. The molecule has 0 spiro atoms. The molecule has 1 aliphatic rings. The highest BCUT2D eigenvalue weighted by atomic mass is 127. The van der Waals surface area contributed by atoms with Crippen molar-refractivity contribution < 1.29 is 0 Å². The zero-order valence-electron chi connectivity index (χ0n) is 16.3. The number of halogens is 1. The van der Waals surface area contributed by atoms with Gasteiger partial charge in [-0.25, -0.2) is 9.98 Å². The van der Waals surface area contributed by atoms with Crippen molar-refractivity contribution in [2.75, 3.05) is 39.3 Å². The lowest BCUT2D eigenvalue weighted by atomic mass is 10.2. The first-order valence-electron chi connectivity index (χ1n) is 9.19. The molecule has 0 unspecified atom stereocenters. The maximum atomic E-state index is 4.82. The van der Waals surface area contributed by atoms with Crippen molar-refractivity contribution in [1.29, 1.82) is 0 Å². The van der Waals surface area contributed by atoms with E-state index in [1.54, 1.807) is 11.3 Å². The van der Waals surface area contributed by atoms with Gasteiger partial charge in [-0.15, -0.1) is 35.3 Å². The minimum Gasteiger partial charge on any atom is -0.357 e. The van der Waals surface area contributed by atoms with E-state index in [4.69, 9.17) is 4.99 Å². The van der Waals surface area contributed by atoms with Crippen molar-refractivity contribution in [3.63, 3.8) is 0 Å². The summed E-state index contributed by atoms with van der Waals surface area (Å²) < 4.78 is 0. The number of hydrogen-bond acceptors (Lipinski definition) is 4. The Bertz CT molecular complexity index is 521. The second-order valence-electron chi connectivity index (χ2n) is 7.18. The molecule has 144 valence electrons. The second kappa shape index (κ2) is 11.3. The average Bonchev–Trinajstić information content (AvgIpc) is 3.01. The van der Waals surface area contributed by atoms with Gasteiger partial charge in [0.1, 0.15) is 0 Å². The molecule has 7 heteroatoms. The van der Waals surface area contributed by atoms with Gasteiger partial charge in [0.2, 0.25) is 0 Å². The van der Waals surface area contributed by atoms with E-state index in [2.05, 4.69) is 60.1 Å². The molecule has 0 radical (unpaired) electrons. The summed E-state index contributed by atoms with van der Waals surface area (Å²) in [6.07, 6.45) is 0. The van der Waals surface area contributed by atoms with Crippen LogP contribution in [0.2, 0.25) is 0 Å². The maximum Gasteiger partial charge on any atom is 0.194 e. The SMILES string of the molecule is CCNC(=NCc1csc(C(C)C)n1)N1CCN(CC(C)C)CC1.I. The van der Waals surface area contributed by atoms with E-state index in [1.165, 1.54) is 11.6 Å². The molecular formula is C18H34IN5S. The van der Waals surface area contributed by atoms with Gasteiger partial charge in [0, 0.05) is 50.6 Å². The average molecular weight is 479 g/mol. The third-order valence-electron chi connectivity index (χ3n) is 4.08. The van der Waals surface area contributed by atoms with E-state index in [0.29, 0.717) is 12.5 Å². The Balaban J connectivity index is 0.00000312. The highest BCUT2D eigenvalue weighted by Gasteiger charge is 2.20. The van der Waals surface area contributed by atoms with Crippen LogP contribution in [0.4, 0.5) is 0 Å². The van der Waals surface area contributed by atoms with Crippen molar-refractivity contribution in [2.45, 2.75) is 47.1 Å². The first kappa shape index (κ1) is 22.6. The van der Waals surface area contributed by atoms with Crippen LogP contribution in [0.25, 0.3) is 0 Å². The molecule has 1 N–H and O–H groups in total. The first-order chi connectivity index (χ1) is 11.5. The Labute approximate surface area is 174 Å². The number of piperazine rings is 1. The minimum absolute atomic E-state index is 0. The second-order valence-corrected chi connectivity index (χ2v) is 8.07. The summed E-state index contributed by atoms with van der Waals surface area (Å²) >= 11 is 1.74. The number of nitrogens with one attached hydrogen (secondary N) is 1. The van der Waals surface area contributed by atoms with Crippen LogP contribution in [0.3, 0.4) is 0 Å². The topological polar surface area (TPSA) is 43.8 Å². The lowest BCUT2D eigenvalue weighted by Crippen LogP contribution is -2.53. The number of hydrogen-bond donors (Lipinski definition) is 1. The molecule has 25 heavy (non-hydrogen) atoms. The molecule has 1 aromatic rings. The van der Waals surface area contributed by atoms with Crippen LogP contribution in [0.1, 0.15) is 51.2 Å². The number of guanidine groups is 1. The van der Waals surface area contributed by atoms with E-state index >= 15 is 0 Å². The highest BCUT2D eigenvalue weighted by molar-refractivity contribution is 14.0. The lowest BCUT2D eigenvalue weighted by Gasteiger charge is -2.37. The van der Waals surface area contributed by atoms with Gasteiger partial charge >= 0.3 is 0 Å². The fourth-order valence-corrected chi connectivity index (χ4v) is 3.73. The number of aromatic nitrogens is 1. The van der Waals surface area contributed by atoms with Gasteiger partial charge in [0.15, 0.2) is 5.96 Å². The molecule has 5 nitrogen and oxygen atoms in total. The fourth-order valence-electron chi connectivity index (χ4n) is 2.90. The van der Waals surface area contributed by atoms with Crippen molar-refractivity contribution in [3.05, 3.63) is 16.1 Å². The minimum atomic E-state index is 0. The van der Waals surface area contributed by atoms with E-state index in [9.17, 15) is 0 Å². The van der Waals surface area contributed by atoms with Gasteiger partial charge < -0.3 is 10.2 Å². The van der Waals surface area contributed by atoms with E-state index in [0.717, 1.165) is 50.3 Å². The van der Waals surface area contributed by atoms with Crippen molar-refractivity contribution in [3.8, 4) is 0 Å². The smallest absolute Gasteiger partial charge is 0.194 e. The predicted octanol–water partition coefficient (Wildman–Crippen LogP) is 3.62. The highest BCUT2D eigenvalue weighted by Crippen LogP contribution is 2.19. The summed E-state index contributed by atoms with van der Waals surface area (Å²) in [6.45, 7) is 18.2. The van der Waals surface area contributed by atoms with Crippen LogP contribution in [0.5, 0.6) is 0 Å². The number of rotatable bonds is 6. The van der Waals surface area contributed by atoms with E-state index in [1.807, 2.05) is 0 Å². The summed E-state index contributed by atoms with van der Waals surface area (Å²) in [7, 11) is 0. The molecule has 0 saturated carbocycles. The number of nitrogens with zero attached hydrogens (tertiary/aromatic N) is 4. The first-order valence-corrected chi connectivity index (χ1v) is 10.1. The lowest BCUT2D eigenvalue weighted by molar-refractivity contribution is 0.164. The summed E-state index contributed by atoms with van der Waals surface area (Å²) in [5.74, 6) is 2.26. The zero-order chi connectivity index (χ0) is 17.5. The Hall–Kier alpha value is -0.410. The summed E-state index contributed by atoms with van der Waals surface area (Å²) in [5.41, 5.74) is 1.08. The van der Waals surface area contributed by atoms with Crippen LogP contribution in [0.15, 0.2) is 10.4 Å². The Kier molecular flexibility index (Phi) is 10.3. The van der Waals surface area contributed by atoms with Crippen molar-refractivity contribution in [1.82, 2.24) is 20.1 Å². The molecule has 0 aliphatic carbocycles. The Morgan fingerprint density at radius 2 is 1.92 bits per heavy atom. The monoisotopic (exact) mass is 479 g/mol. The molecule has 0 bridgehead atoms. The molecule has 0 atom stereocenters. The summed E-state index contributed by atoms with van der Waals surface area (Å²) in [5, 5.41) is 6.78. The molecule has 1 aromatic heterocycles. The molecule has 2 heterocycles. The van der Waals surface area contributed by atoms with Crippen LogP contribution in [-0.2, 0) is 6.54 Å². The summed E-state index contributed by atoms with van der Waals surface area (Å²) in [6, 6.07) is 0. The molecule has 0 aromatic carbocycles. The van der Waals surface area contributed by atoms with Gasteiger partial charge in [-0.1, -0.05) is 27.7 Å². The molecule has 1 saturated heterocycles. The maximum absolute atomic E-state index is 4.82. The van der Waals surface area contributed by atoms with Gasteiger partial charge in [0.25, 0.3) is 0 Å². The molecule has 1 fully saturated rings. The Morgan fingerprint density at radius 3 is 2.44 bits per heavy atom. The molecule has 1 aliphatic heterocycles. The molecule has 0 amide bonds. The van der Waals surface area contributed by atoms with Crippen LogP contribution < -0.4 is 5.32 Å². The van der Waals surface area contributed by atoms with Crippen molar-refractivity contribution >= 4 is 41.3 Å². The number of thiazole rings is 1. The number of aliphatic imine (C=N–C) groups is 1. The van der Waals surface area contributed by atoms with Crippen LogP contribution in [0, 0.1) is 5.92 Å². The quantitative estimate of drug-likeness (QED) is 0.385. The third kappa shape index (κ3) is 7.38. The normalized spacial score (nSPS) is 16.4. The van der Waals surface area contributed by atoms with Crippen LogP contribution >= 0.6 is 35.3 Å². The fraction of sp³-hybridized carbons (Fsp3) is 0.778. The van der Waals surface area contributed by atoms with Gasteiger partial charge in [-0.3, -0.25) is 4.90 Å². The van der Waals surface area contributed by atoms with Crippen LogP contribution in [-0.4, -0.2) is 60.0 Å². The zero-order valence-corrected chi connectivity index (χ0v) is 19.4. The van der Waals surface area contributed by atoms with Gasteiger partial charge in [0.05, 0.1) is 17.2 Å². The van der Waals surface area contributed by atoms with Gasteiger partial charge in [-0.2, -0.15) is 0 Å². The standard InChI is InChI=1S/C18H33N5S.HI/c1-6-19-18(20-11-16-13-24-17(21-16)15(4)5)23-9-7-22(8-10-23)12-14(2)3;/h13-15H,6-12H2,1-5H3,(H,19,20);1H. The third-order valence-corrected chi connectivity index (χ3v) is 5.28. The van der Waals surface area contributed by atoms with Crippen molar-refractivity contribution in [2.24, 2.45) is 10.9 Å². The molecular weight excluding hydrogens is 445 g/mol. The summed E-state index contributed by atoms with van der Waals surface area (Å²) in [4.78, 5) is 14.5.